The van der Waals surface area contributed by atoms with Crippen molar-refractivity contribution >= 4 is 17.3 Å². The second kappa shape index (κ2) is 5.22. The molecule has 1 rings (SSSR count). The van der Waals surface area contributed by atoms with E-state index in [1.165, 1.54) is 19.1 Å². The molecule has 0 aliphatic heterocycles. The average molecular weight is 300 g/mol. The zero-order chi connectivity index (χ0) is 15.7. The van der Waals surface area contributed by atoms with Crippen molar-refractivity contribution in [3.8, 4) is 0 Å². The summed E-state index contributed by atoms with van der Waals surface area (Å²) in [5.41, 5.74) is 5.57. The van der Waals surface area contributed by atoms with Crippen LogP contribution in [-0.4, -0.2) is 18.3 Å². The molecule has 0 saturated heterocycles. The molecule has 1 aromatic rings. The zero-order valence-corrected chi connectivity index (χ0v) is 10.1. The van der Waals surface area contributed by atoms with Crippen LogP contribution >= 0.6 is 0 Å². The highest BCUT2D eigenvalue weighted by molar-refractivity contribution is 5.94. The Balaban J connectivity index is 3.07. The fourth-order valence-corrected chi connectivity index (χ4v) is 1.48. The lowest BCUT2D eigenvalue weighted by molar-refractivity contribution is -0.272. The molecule has 0 radical (unpaired) electrons. The Morgan fingerprint density at radius 3 is 2.10 bits per heavy atom. The van der Waals surface area contributed by atoms with Crippen molar-refractivity contribution in [3.63, 3.8) is 0 Å². The third-order valence-corrected chi connectivity index (χ3v) is 2.55. The van der Waals surface area contributed by atoms with E-state index in [1.807, 2.05) is 0 Å². The van der Waals surface area contributed by atoms with Gasteiger partial charge < -0.3 is 11.1 Å². The molecule has 9 heteroatoms. The minimum absolute atomic E-state index is 0.137. The first-order chi connectivity index (χ1) is 8.94. The zero-order valence-electron chi connectivity index (χ0n) is 10.1. The lowest BCUT2D eigenvalue weighted by Gasteiger charge is -2.22. The average Bonchev–Trinajstić information content (AvgIpc) is 2.20. The van der Waals surface area contributed by atoms with Gasteiger partial charge in [-0.3, -0.25) is 4.79 Å². The quantitative estimate of drug-likeness (QED) is 0.650. The number of carbonyl (C=O) groups is 1. The summed E-state index contributed by atoms with van der Waals surface area (Å²) >= 11 is 0. The van der Waals surface area contributed by atoms with E-state index >= 15 is 0 Å². The molecule has 0 spiro atoms. The van der Waals surface area contributed by atoms with E-state index in [0.29, 0.717) is 0 Å². The van der Waals surface area contributed by atoms with Gasteiger partial charge in [-0.15, -0.1) is 0 Å². The van der Waals surface area contributed by atoms with Crippen LogP contribution in [0.15, 0.2) is 18.2 Å². The van der Waals surface area contributed by atoms with E-state index < -0.39 is 24.2 Å². The molecule has 0 aromatic heterocycles. The van der Waals surface area contributed by atoms with Crippen molar-refractivity contribution in [1.82, 2.24) is 0 Å². The van der Waals surface area contributed by atoms with Gasteiger partial charge in [0.1, 0.15) is 0 Å². The highest BCUT2D eigenvalue weighted by Gasteiger charge is 2.61. The molecule has 0 fully saturated rings. The molecule has 0 atom stereocenters. The van der Waals surface area contributed by atoms with E-state index in [1.54, 1.807) is 5.32 Å². The van der Waals surface area contributed by atoms with Crippen LogP contribution in [0.3, 0.4) is 0 Å². The molecule has 112 valence electrons. The van der Waals surface area contributed by atoms with Gasteiger partial charge in [0.15, 0.2) is 0 Å². The Morgan fingerprint density at radius 2 is 1.65 bits per heavy atom. The maximum atomic E-state index is 12.3. The van der Waals surface area contributed by atoms with Gasteiger partial charge in [-0.25, -0.2) is 0 Å². The van der Waals surface area contributed by atoms with Crippen LogP contribution in [0, 0.1) is 12.8 Å². The van der Waals surface area contributed by atoms with Crippen LogP contribution in [0.5, 0.6) is 0 Å². The second-order valence-electron chi connectivity index (χ2n) is 4.03. The smallest absolute Gasteiger partial charge is 0.398 e. The number of hydrogen-bond donors (Lipinski definition) is 2. The monoisotopic (exact) mass is 300 g/mol. The van der Waals surface area contributed by atoms with Crippen molar-refractivity contribution in [3.05, 3.63) is 23.8 Å². The lowest BCUT2D eigenvalue weighted by Crippen LogP contribution is -2.45. The molecule has 3 nitrogen and oxygen atoms in total. The minimum Gasteiger partial charge on any atom is -0.398 e. The summed E-state index contributed by atoms with van der Waals surface area (Å²) in [6, 6.07) is 3.86. The number of carbonyl (C=O) groups excluding carboxylic acids is 1. The molecule has 20 heavy (non-hydrogen) atoms. The van der Waals surface area contributed by atoms with Gasteiger partial charge in [0.05, 0.1) is 0 Å². The standard InChI is InChI=1S/C11H10F6N2O/c1-5-6(18)3-2-4-7(5)19-9(20)8(10(12,13)14)11(15,16)17/h2-4,8H,18H2,1H3,(H,19,20). The molecule has 3 N–H and O–H groups in total. The van der Waals surface area contributed by atoms with Crippen LogP contribution < -0.4 is 11.1 Å². The van der Waals surface area contributed by atoms with Gasteiger partial charge >= 0.3 is 12.4 Å². The van der Waals surface area contributed by atoms with E-state index in [9.17, 15) is 31.1 Å². The predicted molar refractivity (Wildman–Crippen MR) is 59.8 cm³/mol. The number of rotatable bonds is 2. The largest absolute Gasteiger partial charge is 0.409 e. The maximum Gasteiger partial charge on any atom is 0.409 e. The highest BCUT2D eigenvalue weighted by Crippen LogP contribution is 2.40. The molecular weight excluding hydrogens is 290 g/mol. The van der Waals surface area contributed by atoms with Crippen molar-refractivity contribution in [2.75, 3.05) is 11.1 Å². The van der Waals surface area contributed by atoms with Gasteiger partial charge in [0, 0.05) is 11.4 Å². The number of alkyl halides is 6. The van der Waals surface area contributed by atoms with Crippen molar-refractivity contribution in [1.29, 1.82) is 0 Å². The first kappa shape index (κ1) is 16.1. The van der Waals surface area contributed by atoms with E-state index in [2.05, 4.69) is 0 Å². The first-order valence-electron chi connectivity index (χ1n) is 5.24. The van der Waals surface area contributed by atoms with Crippen molar-refractivity contribution in [2.45, 2.75) is 19.3 Å². The van der Waals surface area contributed by atoms with Crippen molar-refractivity contribution < 1.29 is 31.1 Å². The summed E-state index contributed by atoms with van der Waals surface area (Å²) in [6.45, 7) is 1.36. The number of hydrogen-bond acceptors (Lipinski definition) is 2. The predicted octanol–water partition coefficient (Wildman–Crippen LogP) is 3.26. The van der Waals surface area contributed by atoms with Crippen LogP contribution in [0.4, 0.5) is 37.7 Å². The summed E-state index contributed by atoms with van der Waals surface area (Å²) < 4.78 is 74.1. The minimum atomic E-state index is -5.73. The Morgan fingerprint density at radius 1 is 1.15 bits per heavy atom. The molecule has 0 unspecified atom stereocenters. The summed E-state index contributed by atoms with van der Waals surface area (Å²) in [6.07, 6.45) is -11.5. The molecule has 1 aromatic carbocycles. The van der Waals surface area contributed by atoms with Crippen molar-refractivity contribution in [2.24, 2.45) is 5.92 Å². The van der Waals surface area contributed by atoms with E-state index in [0.717, 1.165) is 6.07 Å². The number of amides is 1. The summed E-state index contributed by atoms with van der Waals surface area (Å²) in [5, 5.41) is 1.61. The molecule has 0 bridgehead atoms. The second-order valence-corrected chi connectivity index (χ2v) is 4.03. The number of benzene rings is 1. The Kier molecular flexibility index (Phi) is 4.21. The van der Waals surface area contributed by atoms with Gasteiger partial charge in [-0.05, 0) is 24.6 Å². The number of halogens is 6. The molecule has 0 heterocycles. The van der Waals surface area contributed by atoms with E-state index in [4.69, 9.17) is 5.73 Å². The third kappa shape index (κ3) is 3.55. The number of nitrogens with one attached hydrogen (secondary N) is 1. The van der Waals surface area contributed by atoms with Gasteiger partial charge in [-0.1, -0.05) is 6.07 Å². The van der Waals surface area contributed by atoms with Gasteiger partial charge in [-0.2, -0.15) is 26.3 Å². The fraction of sp³-hybridized carbons (Fsp3) is 0.364. The fourth-order valence-electron chi connectivity index (χ4n) is 1.48. The Hall–Kier alpha value is -1.93. The normalized spacial score (nSPS) is 12.6. The van der Waals surface area contributed by atoms with Crippen LogP contribution in [0.1, 0.15) is 5.56 Å². The first-order valence-corrected chi connectivity index (χ1v) is 5.24. The number of anilines is 2. The Bertz CT molecular complexity index is 495. The molecular formula is C11H10F6N2O. The maximum absolute atomic E-state index is 12.3. The van der Waals surface area contributed by atoms with Crippen LogP contribution in [0.25, 0.3) is 0 Å². The van der Waals surface area contributed by atoms with Gasteiger partial charge in [0.2, 0.25) is 11.8 Å². The summed E-state index contributed by atoms with van der Waals surface area (Å²) in [7, 11) is 0. The molecule has 1 amide bonds. The highest BCUT2D eigenvalue weighted by atomic mass is 19.4. The Labute approximate surface area is 109 Å². The third-order valence-electron chi connectivity index (χ3n) is 2.55. The topological polar surface area (TPSA) is 55.1 Å². The number of nitrogen functional groups attached to an aromatic ring is 1. The molecule has 0 aliphatic rings. The summed E-state index contributed by atoms with van der Waals surface area (Å²) in [4.78, 5) is 11.3. The lowest BCUT2D eigenvalue weighted by atomic mass is 10.1. The molecule has 0 aliphatic carbocycles. The van der Waals surface area contributed by atoms with Gasteiger partial charge in [0.25, 0.3) is 0 Å². The SMILES string of the molecule is Cc1c(N)cccc1NC(=O)C(C(F)(F)F)C(F)(F)F. The van der Waals surface area contributed by atoms with Crippen LogP contribution in [-0.2, 0) is 4.79 Å². The molecule has 0 saturated carbocycles. The number of nitrogens with two attached hydrogens (primary N) is 1. The van der Waals surface area contributed by atoms with E-state index in [-0.39, 0.29) is 16.9 Å². The van der Waals surface area contributed by atoms with Crippen LogP contribution in [0.2, 0.25) is 0 Å². The summed E-state index contributed by atoms with van der Waals surface area (Å²) in [5.74, 6) is -6.28.